The maximum atomic E-state index is 12.9. The van der Waals surface area contributed by atoms with Gasteiger partial charge < -0.3 is 19.8 Å². The lowest BCUT2D eigenvalue weighted by atomic mass is 10.00. The van der Waals surface area contributed by atoms with Gasteiger partial charge in [-0.2, -0.15) is 13.2 Å². The minimum Gasteiger partial charge on any atom is -0.507 e. The first kappa shape index (κ1) is 25.0. The van der Waals surface area contributed by atoms with E-state index < -0.39 is 29.2 Å². The second-order valence-electron chi connectivity index (χ2n) is 7.49. The number of carboxylic acid groups (broad SMARTS) is 1. The number of carboxylic acids is 1. The summed E-state index contributed by atoms with van der Waals surface area (Å²) in [6.07, 6.45) is -3.37. The van der Waals surface area contributed by atoms with Gasteiger partial charge in [-0.15, -0.1) is 0 Å². The van der Waals surface area contributed by atoms with Crippen molar-refractivity contribution in [1.29, 1.82) is 5.41 Å². The van der Waals surface area contributed by atoms with Crippen LogP contribution in [0.3, 0.4) is 0 Å². The van der Waals surface area contributed by atoms with Crippen molar-refractivity contribution in [2.75, 3.05) is 25.1 Å². The van der Waals surface area contributed by atoms with Gasteiger partial charge in [-0.1, -0.05) is 13.3 Å². The van der Waals surface area contributed by atoms with Crippen LogP contribution in [0, 0.1) is 12.3 Å². The minimum atomic E-state index is -4.85. The molecule has 0 saturated carbocycles. The molecule has 0 unspecified atom stereocenters. The SMILES string of the molecule is CCCc1c(OCCCN(C)c2ccc(C(=O)O)cc2C)ccc(C(=N)C(F)(F)F)c1O. The highest BCUT2D eigenvalue weighted by Gasteiger charge is 2.37. The van der Waals surface area contributed by atoms with Crippen molar-refractivity contribution in [2.45, 2.75) is 39.3 Å². The first-order valence-corrected chi connectivity index (χ1v) is 10.2. The van der Waals surface area contributed by atoms with Crippen molar-refractivity contribution in [3.8, 4) is 11.5 Å². The molecule has 0 atom stereocenters. The molecule has 174 valence electrons. The minimum absolute atomic E-state index is 0.216. The molecule has 6 nitrogen and oxygen atoms in total. The Labute approximate surface area is 184 Å². The summed E-state index contributed by atoms with van der Waals surface area (Å²) in [5.41, 5.74) is 0.0272. The number of nitrogens with one attached hydrogen (secondary N) is 1. The van der Waals surface area contributed by atoms with E-state index in [4.69, 9.17) is 15.3 Å². The Morgan fingerprint density at radius 3 is 2.47 bits per heavy atom. The van der Waals surface area contributed by atoms with Crippen LogP contribution in [0.5, 0.6) is 11.5 Å². The van der Waals surface area contributed by atoms with Crippen LogP contribution >= 0.6 is 0 Å². The molecule has 0 aliphatic carbocycles. The van der Waals surface area contributed by atoms with Gasteiger partial charge in [0.15, 0.2) is 0 Å². The van der Waals surface area contributed by atoms with E-state index in [2.05, 4.69) is 0 Å². The molecule has 0 spiro atoms. The van der Waals surface area contributed by atoms with E-state index in [1.807, 2.05) is 25.8 Å². The molecule has 2 aromatic carbocycles. The molecule has 0 saturated heterocycles. The lowest BCUT2D eigenvalue weighted by Crippen LogP contribution is -2.23. The van der Waals surface area contributed by atoms with Crippen molar-refractivity contribution in [1.82, 2.24) is 0 Å². The van der Waals surface area contributed by atoms with E-state index in [9.17, 15) is 23.1 Å². The Kier molecular flexibility index (Phi) is 8.13. The van der Waals surface area contributed by atoms with E-state index in [0.29, 0.717) is 31.6 Å². The molecular weight excluding hydrogens is 425 g/mol. The van der Waals surface area contributed by atoms with E-state index >= 15 is 0 Å². The first-order chi connectivity index (χ1) is 15.0. The van der Waals surface area contributed by atoms with Crippen LogP contribution in [0.25, 0.3) is 0 Å². The van der Waals surface area contributed by atoms with Crippen LogP contribution < -0.4 is 9.64 Å². The first-order valence-electron chi connectivity index (χ1n) is 10.2. The van der Waals surface area contributed by atoms with Crippen molar-refractivity contribution in [3.05, 3.63) is 52.6 Å². The van der Waals surface area contributed by atoms with E-state index in [-0.39, 0.29) is 17.7 Å². The zero-order chi connectivity index (χ0) is 24.1. The van der Waals surface area contributed by atoms with Crippen LogP contribution in [0.1, 0.15) is 46.8 Å². The monoisotopic (exact) mass is 452 g/mol. The average Bonchev–Trinajstić information content (AvgIpc) is 2.72. The summed E-state index contributed by atoms with van der Waals surface area (Å²) in [5, 5.41) is 26.7. The molecule has 0 aromatic heterocycles. The summed E-state index contributed by atoms with van der Waals surface area (Å²) in [5.74, 6) is -1.26. The molecule has 2 aromatic rings. The van der Waals surface area contributed by atoms with Crippen LogP contribution in [0.4, 0.5) is 18.9 Å². The Morgan fingerprint density at radius 1 is 1.22 bits per heavy atom. The molecule has 0 radical (unpaired) electrons. The molecule has 9 heteroatoms. The van der Waals surface area contributed by atoms with Crippen molar-refractivity contribution in [3.63, 3.8) is 0 Å². The summed E-state index contributed by atoms with van der Waals surface area (Å²) in [4.78, 5) is 13.0. The maximum absolute atomic E-state index is 12.9. The highest BCUT2D eigenvalue weighted by molar-refractivity contribution is 6.04. The zero-order valence-electron chi connectivity index (χ0n) is 18.2. The quantitative estimate of drug-likeness (QED) is 0.341. The summed E-state index contributed by atoms with van der Waals surface area (Å²) in [6, 6.07) is 7.30. The summed E-state index contributed by atoms with van der Waals surface area (Å²) < 4.78 is 44.4. The highest BCUT2D eigenvalue weighted by Crippen LogP contribution is 2.36. The normalized spacial score (nSPS) is 11.3. The molecule has 0 aliphatic rings. The van der Waals surface area contributed by atoms with Gasteiger partial charge in [0.25, 0.3) is 0 Å². The number of aryl methyl sites for hydroxylation is 1. The average molecular weight is 452 g/mol. The number of phenols is 1. The predicted molar refractivity (Wildman–Crippen MR) is 117 cm³/mol. The third-order valence-corrected chi connectivity index (χ3v) is 5.04. The number of anilines is 1. The number of phenolic OH excluding ortho intramolecular Hbond substituents is 1. The molecule has 0 amide bonds. The number of nitrogens with zero attached hydrogens (tertiary/aromatic N) is 1. The number of hydrogen-bond acceptors (Lipinski definition) is 5. The van der Waals surface area contributed by atoms with Gasteiger partial charge >= 0.3 is 12.1 Å². The second-order valence-corrected chi connectivity index (χ2v) is 7.49. The third-order valence-electron chi connectivity index (χ3n) is 5.04. The number of alkyl halides is 3. The van der Waals surface area contributed by atoms with Gasteiger partial charge in [0.05, 0.1) is 12.2 Å². The fraction of sp³-hybridized carbons (Fsp3) is 0.391. The van der Waals surface area contributed by atoms with Crippen molar-refractivity contribution >= 4 is 17.4 Å². The number of carbonyl (C=O) groups is 1. The smallest absolute Gasteiger partial charge is 0.433 e. The summed E-state index contributed by atoms with van der Waals surface area (Å²) in [7, 11) is 1.87. The topological polar surface area (TPSA) is 93.9 Å². The molecular formula is C23H27F3N2O4. The largest absolute Gasteiger partial charge is 0.507 e. The lowest BCUT2D eigenvalue weighted by molar-refractivity contribution is -0.0588. The number of benzene rings is 2. The van der Waals surface area contributed by atoms with Crippen molar-refractivity contribution < 1.29 is 32.9 Å². The van der Waals surface area contributed by atoms with Gasteiger partial charge in [-0.25, -0.2) is 4.79 Å². The second kappa shape index (κ2) is 10.4. The number of rotatable bonds is 10. The van der Waals surface area contributed by atoms with Gasteiger partial charge in [-0.3, -0.25) is 5.41 Å². The number of aromatic hydroxyl groups is 1. The Balaban J connectivity index is 2.05. The summed E-state index contributed by atoms with van der Waals surface area (Å²) in [6.45, 7) is 4.52. The summed E-state index contributed by atoms with van der Waals surface area (Å²) >= 11 is 0. The van der Waals surface area contributed by atoms with E-state index in [0.717, 1.165) is 17.3 Å². The molecule has 0 aliphatic heterocycles. The fourth-order valence-corrected chi connectivity index (χ4v) is 3.42. The maximum Gasteiger partial charge on any atom is 0.433 e. The van der Waals surface area contributed by atoms with Crippen LogP contribution in [0.15, 0.2) is 30.3 Å². The molecule has 32 heavy (non-hydrogen) atoms. The number of halogens is 3. The molecule has 2 rings (SSSR count). The Bertz CT molecular complexity index is 990. The fourth-order valence-electron chi connectivity index (χ4n) is 3.42. The van der Waals surface area contributed by atoms with Gasteiger partial charge in [0.1, 0.15) is 17.2 Å². The number of aromatic carboxylic acids is 1. The highest BCUT2D eigenvalue weighted by atomic mass is 19.4. The molecule has 0 fully saturated rings. The van der Waals surface area contributed by atoms with Gasteiger partial charge in [-0.05, 0) is 55.7 Å². The third kappa shape index (κ3) is 5.93. The Hall–Kier alpha value is -3.23. The Morgan fingerprint density at radius 2 is 1.91 bits per heavy atom. The predicted octanol–water partition coefficient (Wildman–Crippen LogP) is 5.19. The zero-order valence-corrected chi connectivity index (χ0v) is 18.2. The van der Waals surface area contributed by atoms with E-state index in [1.54, 1.807) is 12.1 Å². The molecule has 3 N–H and O–H groups in total. The van der Waals surface area contributed by atoms with Crippen LogP contribution in [0.2, 0.25) is 0 Å². The van der Waals surface area contributed by atoms with Crippen LogP contribution in [-0.2, 0) is 6.42 Å². The van der Waals surface area contributed by atoms with Gasteiger partial charge in [0, 0.05) is 30.4 Å². The van der Waals surface area contributed by atoms with Gasteiger partial charge in [0.2, 0.25) is 0 Å². The standard InChI is InChI=1S/C23H27F3N2O4/c1-4-6-16-19(10-8-17(20(16)29)21(27)23(24,25)26)32-12-5-11-28(3)18-9-7-15(22(30)31)13-14(18)2/h7-10,13,27,29H,4-6,11-12H2,1-3H3,(H,30,31). The lowest BCUT2D eigenvalue weighted by Gasteiger charge is -2.22. The number of ether oxygens (including phenoxy) is 1. The van der Waals surface area contributed by atoms with Crippen molar-refractivity contribution in [2.24, 2.45) is 0 Å². The molecule has 0 heterocycles. The van der Waals surface area contributed by atoms with Crippen LogP contribution in [-0.4, -0.2) is 48.3 Å². The molecule has 0 bridgehead atoms. The van der Waals surface area contributed by atoms with E-state index in [1.165, 1.54) is 12.1 Å². The number of hydrogen-bond donors (Lipinski definition) is 3.